The van der Waals surface area contributed by atoms with Gasteiger partial charge in [-0.2, -0.15) is 4.31 Å². The predicted molar refractivity (Wildman–Crippen MR) is 79.6 cm³/mol. The summed E-state index contributed by atoms with van der Waals surface area (Å²) in [6, 6.07) is 0. The molecule has 0 aromatic carbocycles. The highest BCUT2D eigenvalue weighted by atomic mass is 32.2. The van der Waals surface area contributed by atoms with Crippen molar-refractivity contribution in [3.05, 3.63) is 12.4 Å². The van der Waals surface area contributed by atoms with Crippen LogP contribution in [0.1, 0.15) is 26.7 Å². The van der Waals surface area contributed by atoms with Crippen LogP contribution in [0.5, 0.6) is 0 Å². The summed E-state index contributed by atoms with van der Waals surface area (Å²) in [6.07, 6.45) is 4.32. The molecule has 2 rings (SSSR count). The molecule has 0 aliphatic carbocycles. The molecule has 0 saturated carbocycles. The largest absolute Gasteiger partial charge is 0.377 e. The zero-order chi connectivity index (χ0) is 15.5. The smallest absolute Gasteiger partial charge is 0.246 e. The Kier molecular flexibility index (Phi) is 4.80. The van der Waals surface area contributed by atoms with Crippen LogP contribution in [0.15, 0.2) is 17.3 Å². The molecule has 8 heteroatoms. The van der Waals surface area contributed by atoms with E-state index in [2.05, 4.69) is 15.3 Å². The quantitative estimate of drug-likeness (QED) is 0.876. The van der Waals surface area contributed by atoms with E-state index in [4.69, 9.17) is 4.74 Å². The Bertz CT molecular complexity index is 576. The minimum atomic E-state index is -3.57. The first-order chi connectivity index (χ1) is 9.91. The van der Waals surface area contributed by atoms with Crippen molar-refractivity contribution >= 4 is 16.0 Å². The highest BCUT2D eigenvalue weighted by Crippen LogP contribution is 2.28. The molecule has 0 bridgehead atoms. The molecule has 1 aliphatic heterocycles. The van der Waals surface area contributed by atoms with Gasteiger partial charge in [0.2, 0.25) is 16.0 Å². The van der Waals surface area contributed by atoms with E-state index in [0.29, 0.717) is 25.6 Å². The average molecular weight is 314 g/mol. The molecule has 1 aromatic rings. The van der Waals surface area contributed by atoms with Crippen molar-refractivity contribution in [2.75, 3.05) is 32.1 Å². The van der Waals surface area contributed by atoms with Crippen LogP contribution >= 0.6 is 0 Å². The number of methoxy groups -OCH3 is 1. The van der Waals surface area contributed by atoms with Crippen LogP contribution < -0.4 is 5.32 Å². The normalized spacial score (nSPS) is 24.0. The van der Waals surface area contributed by atoms with Crippen molar-refractivity contribution in [3.63, 3.8) is 0 Å². The Morgan fingerprint density at radius 1 is 1.43 bits per heavy atom. The highest BCUT2D eigenvalue weighted by molar-refractivity contribution is 7.89. The van der Waals surface area contributed by atoms with E-state index in [0.717, 1.165) is 12.8 Å². The first kappa shape index (κ1) is 16.1. The van der Waals surface area contributed by atoms with Gasteiger partial charge in [0.05, 0.1) is 18.0 Å². The minimum absolute atomic E-state index is 0.115. The van der Waals surface area contributed by atoms with Crippen molar-refractivity contribution in [2.45, 2.75) is 37.2 Å². The van der Waals surface area contributed by atoms with E-state index in [1.165, 1.54) is 16.7 Å². The van der Waals surface area contributed by atoms with Crippen LogP contribution in [-0.2, 0) is 14.8 Å². The van der Waals surface area contributed by atoms with Crippen LogP contribution in [0.4, 0.5) is 5.95 Å². The maximum absolute atomic E-state index is 12.6. The second kappa shape index (κ2) is 6.25. The Hall–Kier alpha value is -1.25. The van der Waals surface area contributed by atoms with Gasteiger partial charge in [-0.1, -0.05) is 0 Å². The van der Waals surface area contributed by atoms with Crippen molar-refractivity contribution in [3.8, 4) is 0 Å². The van der Waals surface area contributed by atoms with Crippen molar-refractivity contribution in [2.24, 2.45) is 0 Å². The summed E-state index contributed by atoms with van der Waals surface area (Å²) in [6.45, 7) is 5.38. The zero-order valence-corrected chi connectivity index (χ0v) is 13.5. The fourth-order valence-electron chi connectivity index (χ4n) is 2.38. The van der Waals surface area contributed by atoms with E-state index in [-0.39, 0.29) is 4.90 Å². The lowest BCUT2D eigenvalue weighted by molar-refractivity contribution is -0.0319. The minimum Gasteiger partial charge on any atom is -0.377 e. The topological polar surface area (TPSA) is 84.4 Å². The number of piperidine rings is 1. The van der Waals surface area contributed by atoms with Crippen molar-refractivity contribution in [1.82, 2.24) is 14.3 Å². The third-order valence-corrected chi connectivity index (χ3v) is 5.52. The van der Waals surface area contributed by atoms with Crippen LogP contribution in [0, 0.1) is 0 Å². The van der Waals surface area contributed by atoms with Gasteiger partial charge in [-0.3, -0.25) is 0 Å². The summed E-state index contributed by atoms with van der Waals surface area (Å²) in [7, 11) is -1.96. The van der Waals surface area contributed by atoms with Crippen molar-refractivity contribution in [1.29, 1.82) is 0 Å². The Morgan fingerprint density at radius 3 is 2.67 bits per heavy atom. The number of ether oxygens (including phenoxy) is 1. The monoisotopic (exact) mass is 314 g/mol. The van der Waals surface area contributed by atoms with Gasteiger partial charge in [0.25, 0.3) is 0 Å². The van der Waals surface area contributed by atoms with E-state index in [1.807, 2.05) is 13.8 Å². The molecule has 1 N–H and O–H groups in total. The molecule has 0 spiro atoms. The molecule has 0 radical (unpaired) electrons. The molecule has 1 saturated heterocycles. The van der Waals surface area contributed by atoms with Gasteiger partial charge in [0, 0.05) is 26.7 Å². The molecule has 1 atom stereocenters. The standard InChI is InChI=1S/C13H22N4O3S/c1-4-14-12-15-8-11(9-16-12)21(18,19)17-7-5-6-13(2,10-17)20-3/h8-9H,4-7,10H2,1-3H3,(H,14,15,16). The van der Waals surface area contributed by atoms with Crippen LogP contribution in [-0.4, -0.2) is 55.0 Å². The molecule has 2 heterocycles. The number of nitrogens with zero attached hydrogens (tertiary/aromatic N) is 3. The first-order valence-electron chi connectivity index (χ1n) is 7.02. The summed E-state index contributed by atoms with van der Waals surface area (Å²) in [5.41, 5.74) is -0.435. The van der Waals surface area contributed by atoms with E-state index >= 15 is 0 Å². The van der Waals surface area contributed by atoms with Gasteiger partial charge in [0.1, 0.15) is 4.90 Å². The molecule has 21 heavy (non-hydrogen) atoms. The van der Waals surface area contributed by atoms with Crippen LogP contribution in [0.25, 0.3) is 0 Å². The number of nitrogens with one attached hydrogen (secondary N) is 1. The zero-order valence-electron chi connectivity index (χ0n) is 12.7. The lowest BCUT2D eigenvalue weighted by Gasteiger charge is -2.38. The van der Waals surface area contributed by atoms with E-state index in [1.54, 1.807) is 7.11 Å². The molecule has 118 valence electrons. The molecule has 1 fully saturated rings. The average Bonchev–Trinajstić information content (AvgIpc) is 2.48. The van der Waals surface area contributed by atoms with Gasteiger partial charge in [-0.25, -0.2) is 18.4 Å². The van der Waals surface area contributed by atoms with Crippen molar-refractivity contribution < 1.29 is 13.2 Å². The lowest BCUT2D eigenvalue weighted by Crippen LogP contribution is -2.49. The van der Waals surface area contributed by atoms with Crippen LogP contribution in [0.3, 0.4) is 0 Å². The number of sulfonamides is 1. The second-order valence-corrected chi connectivity index (χ2v) is 7.31. The Labute approximate surface area is 125 Å². The number of anilines is 1. The summed E-state index contributed by atoms with van der Waals surface area (Å²) < 4.78 is 32.2. The second-order valence-electron chi connectivity index (χ2n) is 5.37. The molecule has 1 aromatic heterocycles. The van der Waals surface area contributed by atoms with Gasteiger partial charge in [-0.05, 0) is 26.7 Å². The summed E-state index contributed by atoms with van der Waals surface area (Å²) in [5.74, 6) is 0.428. The highest BCUT2D eigenvalue weighted by Gasteiger charge is 2.37. The first-order valence-corrected chi connectivity index (χ1v) is 8.46. The van der Waals surface area contributed by atoms with Crippen LogP contribution in [0.2, 0.25) is 0 Å². The van der Waals surface area contributed by atoms with Gasteiger partial charge in [-0.15, -0.1) is 0 Å². The van der Waals surface area contributed by atoms with E-state index in [9.17, 15) is 8.42 Å². The Morgan fingerprint density at radius 2 is 2.10 bits per heavy atom. The summed E-state index contributed by atoms with van der Waals surface area (Å²) in [4.78, 5) is 8.17. The maximum Gasteiger partial charge on any atom is 0.246 e. The fraction of sp³-hybridized carbons (Fsp3) is 0.692. The fourth-order valence-corrected chi connectivity index (χ4v) is 3.86. The molecule has 1 unspecified atom stereocenters. The number of hydrogen-bond donors (Lipinski definition) is 1. The molecule has 0 amide bonds. The summed E-state index contributed by atoms with van der Waals surface area (Å²) in [5, 5.41) is 2.94. The third-order valence-electron chi connectivity index (χ3n) is 3.72. The molecular formula is C13H22N4O3S. The number of aromatic nitrogens is 2. The molecular weight excluding hydrogens is 292 g/mol. The number of hydrogen-bond acceptors (Lipinski definition) is 6. The van der Waals surface area contributed by atoms with Gasteiger partial charge >= 0.3 is 0 Å². The molecule has 7 nitrogen and oxygen atoms in total. The van der Waals surface area contributed by atoms with Gasteiger partial charge in [0.15, 0.2) is 0 Å². The Balaban J connectivity index is 2.21. The van der Waals surface area contributed by atoms with E-state index < -0.39 is 15.6 Å². The lowest BCUT2D eigenvalue weighted by atomic mass is 9.96. The number of rotatable bonds is 5. The maximum atomic E-state index is 12.6. The SMILES string of the molecule is CCNc1ncc(S(=O)(=O)N2CCCC(C)(OC)C2)cn1. The summed E-state index contributed by atoms with van der Waals surface area (Å²) >= 11 is 0. The van der Waals surface area contributed by atoms with Gasteiger partial charge < -0.3 is 10.1 Å². The molecule has 1 aliphatic rings. The third kappa shape index (κ3) is 3.50. The predicted octanol–water partition coefficient (Wildman–Crippen LogP) is 1.10.